The Hall–Kier alpha value is -1.69. The second-order valence-electron chi connectivity index (χ2n) is 6.60. The van der Waals surface area contributed by atoms with Gasteiger partial charge >= 0.3 is 0 Å². The Kier molecular flexibility index (Phi) is 3.80. The summed E-state index contributed by atoms with van der Waals surface area (Å²) < 4.78 is 11.6. The van der Waals surface area contributed by atoms with Gasteiger partial charge < -0.3 is 9.47 Å². The number of ether oxygens (including phenoxy) is 2. The van der Waals surface area contributed by atoms with Crippen LogP contribution in [-0.4, -0.2) is 13.2 Å². The Morgan fingerprint density at radius 1 is 1.19 bits per heavy atom. The van der Waals surface area contributed by atoms with Crippen molar-refractivity contribution in [2.24, 2.45) is 5.92 Å². The fraction of sp³-hybridized carbons (Fsp3) is 0.611. The number of nitrogens with zero attached hydrogens (tertiary/aromatic N) is 1. The van der Waals surface area contributed by atoms with Crippen LogP contribution in [-0.2, 0) is 5.41 Å². The van der Waals surface area contributed by atoms with E-state index in [-0.39, 0.29) is 5.41 Å². The molecule has 0 saturated heterocycles. The van der Waals surface area contributed by atoms with Gasteiger partial charge in [-0.15, -0.1) is 0 Å². The van der Waals surface area contributed by atoms with Crippen LogP contribution in [0.1, 0.15) is 51.0 Å². The average Bonchev–Trinajstić information content (AvgIpc) is 2.96. The monoisotopic (exact) mass is 285 g/mol. The van der Waals surface area contributed by atoms with Crippen LogP contribution in [0.4, 0.5) is 0 Å². The molecule has 112 valence electrons. The molecule has 0 unspecified atom stereocenters. The number of hydrogen-bond acceptors (Lipinski definition) is 3. The molecule has 0 bridgehead atoms. The van der Waals surface area contributed by atoms with E-state index < -0.39 is 0 Å². The molecule has 0 amide bonds. The maximum absolute atomic E-state index is 9.59. The molecule has 0 heterocycles. The van der Waals surface area contributed by atoms with Crippen molar-refractivity contribution in [1.29, 1.82) is 5.26 Å². The maximum atomic E-state index is 9.59. The molecule has 0 aromatic heterocycles. The number of rotatable bonds is 4. The molecule has 2 saturated carbocycles. The van der Waals surface area contributed by atoms with Crippen molar-refractivity contribution in [2.75, 3.05) is 7.11 Å². The molecule has 0 aliphatic heterocycles. The van der Waals surface area contributed by atoms with Gasteiger partial charge in [0.1, 0.15) is 0 Å². The lowest BCUT2D eigenvalue weighted by Gasteiger charge is -2.41. The number of methoxy groups -OCH3 is 1. The molecule has 0 N–H and O–H groups in total. The standard InChI is InChI=1S/C18H23NO2/c1-13-10-18(11-13,12-19)14-7-8-16(20-2)17(9-14)21-15-5-3-4-6-15/h7-9,13,15H,3-6,10-11H2,1-2H3. The van der Waals surface area contributed by atoms with Crippen molar-refractivity contribution >= 4 is 0 Å². The van der Waals surface area contributed by atoms with E-state index in [9.17, 15) is 5.26 Å². The van der Waals surface area contributed by atoms with Crippen molar-refractivity contribution in [3.8, 4) is 17.6 Å². The summed E-state index contributed by atoms with van der Waals surface area (Å²) in [4.78, 5) is 0. The first kappa shape index (κ1) is 14.3. The molecule has 3 rings (SSSR count). The third kappa shape index (κ3) is 2.60. The second-order valence-corrected chi connectivity index (χ2v) is 6.60. The summed E-state index contributed by atoms with van der Waals surface area (Å²) >= 11 is 0. The van der Waals surface area contributed by atoms with Gasteiger partial charge in [0.05, 0.1) is 24.7 Å². The van der Waals surface area contributed by atoms with E-state index in [2.05, 4.69) is 13.0 Å². The summed E-state index contributed by atoms with van der Waals surface area (Å²) in [5.74, 6) is 2.20. The first-order chi connectivity index (χ1) is 10.2. The van der Waals surface area contributed by atoms with Gasteiger partial charge in [-0.3, -0.25) is 0 Å². The van der Waals surface area contributed by atoms with Crippen LogP contribution in [0.2, 0.25) is 0 Å². The quantitative estimate of drug-likeness (QED) is 0.832. The van der Waals surface area contributed by atoms with Gasteiger partial charge in [0.25, 0.3) is 0 Å². The fourth-order valence-electron chi connectivity index (χ4n) is 3.77. The number of nitriles is 1. The van der Waals surface area contributed by atoms with Gasteiger partial charge in [-0.2, -0.15) is 5.26 Å². The van der Waals surface area contributed by atoms with E-state index in [0.717, 1.165) is 42.7 Å². The number of hydrogen-bond donors (Lipinski definition) is 0. The molecule has 3 heteroatoms. The highest BCUT2D eigenvalue weighted by Gasteiger charge is 2.44. The molecular weight excluding hydrogens is 262 g/mol. The summed E-state index contributed by atoms with van der Waals surface area (Å²) in [5, 5.41) is 9.59. The lowest BCUT2D eigenvalue weighted by molar-refractivity contribution is 0.196. The minimum absolute atomic E-state index is 0.299. The predicted molar refractivity (Wildman–Crippen MR) is 81.6 cm³/mol. The van der Waals surface area contributed by atoms with Crippen LogP contribution >= 0.6 is 0 Å². The zero-order valence-corrected chi connectivity index (χ0v) is 12.9. The molecule has 2 aliphatic carbocycles. The molecule has 0 atom stereocenters. The van der Waals surface area contributed by atoms with Crippen molar-refractivity contribution < 1.29 is 9.47 Å². The van der Waals surface area contributed by atoms with Crippen LogP contribution in [0.15, 0.2) is 18.2 Å². The molecule has 0 spiro atoms. The Labute approximate surface area is 126 Å². The first-order valence-electron chi connectivity index (χ1n) is 7.93. The zero-order chi connectivity index (χ0) is 14.9. The third-order valence-electron chi connectivity index (χ3n) is 4.92. The molecule has 1 aromatic rings. The summed E-state index contributed by atoms with van der Waals surface area (Å²) in [5.41, 5.74) is 0.760. The largest absolute Gasteiger partial charge is 0.493 e. The van der Waals surface area contributed by atoms with Crippen molar-refractivity contribution in [1.82, 2.24) is 0 Å². The maximum Gasteiger partial charge on any atom is 0.161 e. The lowest BCUT2D eigenvalue weighted by atomic mass is 9.60. The minimum atomic E-state index is -0.320. The van der Waals surface area contributed by atoms with E-state index >= 15 is 0 Å². The van der Waals surface area contributed by atoms with E-state index in [1.807, 2.05) is 18.2 Å². The van der Waals surface area contributed by atoms with Gasteiger partial charge in [0.2, 0.25) is 0 Å². The smallest absolute Gasteiger partial charge is 0.161 e. The molecule has 0 radical (unpaired) electrons. The topological polar surface area (TPSA) is 42.2 Å². The normalized spacial score (nSPS) is 28.7. The van der Waals surface area contributed by atoms with Crippen molar-refractivity contribution in [3.63, 3.8) is 0 Å². The van der Waals surface area contributed by atoms with Crippen LogP contribution in [0, 0.1) is 17.2 Å². The Balaban J connectivity index is 1.87. The average molecular weight is 285 g/mol. The summed E-state index contributed by atoms with van der Waals surface area (Å²) in [6.07, 6.45) is 6.91. The summed E-state index contributed by atoms with van der Waals surface area (Å²) in [6.45, 7) is 2.20. The van der Waals surface area contributed by atoms with Gasteiger partial charge in [-0.1, -0.05) is 13.0 Å². The van der Waals surface area contributed by atoms with Crippen molar-refractivity contribution in [3.05, 3.63) is 23.8 Å². The molecule has 2 fully saturated rings. The Bertz CT molecular complexity index is 549. The highest BCUT2D eigenvalue weighted by molar-refractivity contribution is 5.48. The van der Waals surface area contributed by atoms with Crippen LogP contribution in [0.25, 0.3) is 0 Å². The van der Waals surface area contributed by atoms with Gasteiger partial charge in [0.15, 0.2) is 11.5 Å². The molecule has 2 aliphatic rings. The lowest BCUT2D eigenvalue weighted by Crippen LogP contribution is -2.38. The van der Waals surface area contributed by atoms with Crippen LogP contribution < -0.4 is 9.47 Å². The zero-order valence-electron chi connectivity index (χ0n) is 12.9. The number of benzene rings is 1. The van der Waals surface area contributed by atoms with Crippen molar-refractivity contribution in [2.45, 2.75) is 57.0 Å². The highest BCUT2D eigenvalue weighted by atomic mass is 16.5. The summed E-state index contributed by atoms with van der Waals surface area (Å²) in [7, 11) is 1.67. The Morgan fingerprint density at radius 2 is 1.90 bits per heavy atom. The molecule has 1 aromatic carbocycles. The van der Waals surface area contributed by atoms with Crippen LogP contribution in [0.5, 0.6) is 11.5 Å². The molecule has 3 nitrogen and oxygen atoms in total. The van der Waals surface area contributed by atoms with E-state index in [0.29, 0.717) is 12.0 Å². The summed E-state index contributed by atoms with van der Waals surface area (Å²) in [6, 6.07) is 8.53. The SMILES string of the molecule is COc1ccc(C2(C#N)CC(C)C2)cc1OC1CCCC1. The van der Waals surface area contributed by atoms with E-state index in [1.165, 1.54) is 12.8 Å². The van der Waals surface area contributed by atoms with Gasteiger partial charge in [-0.25, -0.2) is 0 Å². The second kappa shape index (κ2) is 5.60. The highest BCUT2D eigenvalue weighted by Crippen LogP contribution is 2.48. The first-order valence-corrected chi connectivity index (χ1v) is 7.93. The van der Waals surface area contributed by atoms with E-state index in [1.54, 1.807) is 7.11 Å². The van der Waals surface area contributed by atoms with Gasteiger partial charge in [0, 0.05) is 0 Å². The predicted octanol–water partition coefficient (Wildman–Crippen LogP) is 4.21. The minimum Gasteiger partial charge on any atom is -0.493 e. The molecule has 21 heavy (non-hydrogen) atoms. The Morgan fingerprint density at radius 3 is 2.48 bits per heavy atom. The van der Waals surface area contributed by atoms with Crippen LogP contribution in [0.3, 0.4) is 0 Å². The molecular formula is C18H23NO2. The van der Waals surface area contributed by atoms with Gasteiger partial charge in [-0.05, 0) is 62.1 Å². The third-order valence-corrected chi connectivity index (χ3v) is 4.92. The van der Waals surface area contributed by atoms with E-state index in [4.69, 9.17) is 9.47 Å². The fourth-order valence-corrected chi connectivity index (χ4v) is 3.77.